The number of rotatable bonds is 3. The first-order valence-electron chi connectivity index (χ1n) is 8.68. The zero-order valence-corrected chi connectivity index (χ0v) is 14.5. The van der Waals surface area contributed by atoms with Crippen molar-refractivity contribution in [2.45, 2.75) is 18.5 Å². The lowest BCUT2D eigenvalue weighted by atomic mass is 10.0. The lowest BCUT2D eigenvalue weighted by Crippen LogP contribution is -2.42. The number of para-hydroxylation sites is 1. The summed E-state index contributed by atoms with van der Waals surface area (Å²) in [5, 5.41) is 0.706. The summed E-state index contributed by atoms with van der Waals surface area (Å²) in [4.78, 5) is 27.5. The molecule has 1 aliphatic carbocycles. The Kier molecular flexibility index (Phi) is 4.33. The molecule has 5 nitrogen and oxygen atoms in total. The fourth-order valence-electron chi connectivity index (χ4n) is 3.44. The van der Waals surface area contributed by atoms with Crippen molar-refractivity contribution in [1.29, 1.82) is 0 Å². The molecule has 2 aromatic carbocycles. The van der Waals surface area contributed by atoms with Gasteiger partial charge in [-0.05, 0) is 30.0 Å². The zero-order valence-electron chi connectivity index (χ0n) is 14.5. The number of carbonyl (C=O) groups excluding carboxylic acids is 2. The van der Waals surface area contributed by atoms with Crippen molar-refractivity contribution in [1.82, 2.24) is 15.8 Å². The molecule has 1 saturated carbocycles. The van der Waals surface area contributed by atoms with E-state index in [1.807, 2.05) is 12.1 Å². The molecule has 1 aliphatic rings. The number of nitrogens with one attached hydrogen (secondary N) is 3. The predicted molar refractivity (Wildman–Crippen MR) is 96.2 cm³/mol. The molecule has 0 bridgehead atoms. The second kappa shape index (κ2) is 6.70. The molecule has 8 heteroatoms. The number of amides is 2. The van der Waals surface area contributed by atoms with Crippen LogP contribution in [0.4, 0.5) is 13.2 Å². The van der Waals surface area contributed by atoms with Crippen LogP contribution >= 0.6 is 0 Å². The molecule has 3 N–H and O–H groups in total. The third kappa shape index (κ3) is 3.33. The van der Waals surface area contributed by atoms with Gasteiger partial charge in [0.15, 0.2) is 0 Å². The number of hydrogen-bond donors (Lipinski definition) is 3. The van der Waals surface area contributed by atoms with Gasteiger partial charge in [0.05, 0.1) is 11.1 Å². The molecular weight excluding hydrogens is 371 g/mol. The highest BCUT2D eigenvalue weighted by Gasteiger charge is 2.47. The SMILES string of the molecule is O=C(NNC(=O)C1CC1c1ccccc1C(F)(F)F)c1c[nH]c2ccccc12. The summed E-state index contributed by atoms with van der Waals surface area (Å²) in [6.07, 6.45) is -2.63. The summed E-state index contributed by atoms with van der Waals surface area (Å²) in [6.45, 7) is 0. The Bertz CT molecular complexity index is 1060. The number of hydrazine groups is 1. The number of benzene rings is 2. The second-order valence-corrected chi connectivity index (χ2v) is 6.73. The molecule has 0 aliphatic heterocycles. The minimum absolute atomic E-state index is 0.109. The number of aromatic nitrogens is 1. The number of aromatic amines is 1. The molecule has 2 amide bonds. The van der Waals surface area contributed by atoms with E-state index in [1.54, 1.807) is 12.1 Å². The van der Waals surface area contributed by atoms with Crippen molar-refractivity contribution in [3.05, 3.63) is 71.4 Å². The fourth-order valence-corrected chi connectivity index (χ4v) is 3.44. The minimum atomic E-state index is -4.47. The first kappa shape index (κ1) is 18.1. The van der Waals surface area contributed by atoms with Crippen LogP contribution in [0.1, 0.15) is 33.8 Å². The molecule has 0 radical (unpaired) electrons. The quantitative estimate of drug-likeness (QED) is 0.599. The van der Waals surface area contributed by atoms with E-state index in [-0.39, 0.29) is 5.56 Å². The van der Waals surface area contributed by atoms with Gasteiger partial charge in [-0.3, -0.25) is 20.4 Å². The van der Waals surface area contributed by atoms with Crippen LogP contribution in [-0.4, -0.2) is 16.8 Å². The topological polar surface area (TPSA) is 74.0 Å². The van der Waals surface area contributed by atoms with Gasteiger partial charge in [-0.25, -0.2) is 0 Å². The van der Waals surface area contributed by atoms with Crippen LogP contribution in [0.2, 0.25) is 0 Å². The average Bonchev–Trinajstić information content (AvgIpc) is 3.36. The van der Waals surface area contributed by atoms with E-state index < -0.39 is 35.4 Å². The van der Waals surface area contributed by atoms with Crippen LogP contribution in [0.5, 0.6) is 0 Å². The maximum Gasteiger partial charge on any atom is 0.416 e. The van der Waals surface area contributed by atoms with Gasteiger partial charge >= 0.3 is 6.18 Å². The Morgan fingerprint density at radius 3 is 2.50 bits per heavy atom. The van der Waals surface area contributed by atoms with Crippen molar-refractivity contribution in [3.63, 3.8) is 0 Å². The predicted octanol–water partition coefficient (Wildman–Crippen LogP) is 3.75. The van der Waals surface area contributed by atoms with Crippen LogP contribution in [-0.2, 0) is 11.0 Å². The van der Waals surface area contributed by atoms with Gasteiger partial charge in [-0.2, -0.15) is 13.2 Å². The molecule has 1 fully saturated rings. The number of halogens is 3. The normalized spacial score (nSPS) is 18.7. The molecule has 1 aromatic heterocycles. The van der Waals surface area contributed by atoms with Gasteiger partial charge < -0.3 is 4.98 Å². The Hall–Kier alpha value is -3.29. The maximum absolute atomic E-state index is 13.1. The maximum atomic E-state index is 13.1. The van der Waals surface area contributed by atoms with Crippen LogP contribution in [0.25, 0.3) is 10.9 Å². The van der Waals surface area contributed by atoms with Gasteiger partial charge in [0, 0.05) is 23.0 Å². The first-order chi connectivity index (χ1) is 13.4. The highest BCUT2D eigenvalue weighted by atomic mass is 19.4. The van der Waals surface area contributed by atoms with Crippen molar-refractivity contribution in [2.24, 2.45) is 5.92 Å². The van der Waals surface area contributed by atoms with E-state index >= 15 is 0 Å². The van der Waals surface area contributed by atoms with Crippen molar-refractivity contribution in [2.75, 3.05) is 0 Å². The van der Waals surface area contributed by atoms with E-state index in [0.29, 0.717) is 17.4 Å². The van der Waals surface area contributed by atoms with Gasteiger partial charge in [-0.15, -0.1) is 0 Å². The molecule has 0 spiro atoms. The van der Waals surface area contributed by atoms with Crippen LogP contribution in [0.3, 0.4) is 0 Å². The molecule has 2 atom stereocenters. The van der Waals surface area contributed by atoms with E-state index in [1.165, 1.54) is 24.4 Å². The lowest BCUT2D eigenvalue weighted by Gasteiger charge is -2.12. The standard InChI is InChI=1S/C20H16F3N3O2/c21-20(22,23)16-7-3-1-5-11(16)13-9-14(13)18(27)25-26-19(28)15-10-24-17-8-4-2-6-12(15)17/h1-8,10,13-14,24H,9H2,(H,25,27)(H,26,28). The third-order valence-corrected chi connectivity index (χ3v) is 4.93. The Labute approximate surface area is 157 Å². The summed E-state index contributed by atoms with van der Waals surface area (Å²) in [7, 11) is 0. The number of hydrogen-bond acceptors (Lipinski definition) is 2. The molecule has 2 unspecified atom stereocenters. The monoisotopic (exact) mass is 387 g/mol. The molecule has 1 heterocycles. The Morgan fingerprint density at radius 2 is 1.71 bits per heavy atom. The highest BCUT2D eigenvalue weighted by molar-refractivity contribution is 6.07. The summed E-state index contributed by atoms with van der Waals surface area (Å²) in [5.41, 5.74) is 5.19. The van der Waals surface area contributed by atoms with Gasteiger partial charge in [0.2, 0.25) is 5.91 Å². The van der Waals surface area contributed by atoms with Crippen molar-refractivity contribution in [3.8, 4) is 0 Å². The number of carbonyl (C=O) groups is 2. The van der Waals surface area contributed by atoms with Crippen LogP contribution in [0, 0.1) is 5.92 Å². The first-order valence-corrected chi connectivity index (χ1v) is 8.68. The van der Waals surface area contributed by atoms with Gasteiger partial charge in [0.25, 0.3) is 5.91 Å². The Balaban J connectivity index is 1.41. The van der Waals surface area contributed by atoms with Gasteiger partial charge in [-0.1, -0.05) is 36.4 Å². The highest BCUT2D eigenvalue weighted by Crippen LogP contribution is 2.50. The largest absolute Gasteiger partial charge is 0.416 e. The molecule has 0 saturated heterocycles. The van der Waals surface area contributed by atoms with Crippen LogP contribution < -0.4 is 10.9 Å². The van der Waals surface area contributed by atoms with E-state index in [2.05, 4.69) is 15.8 Å². The van der Waals surface area contributed by atoms with E-state index in [0.717, 1.165) is 11.6 Å². The third-order valence-electron chi connectivity index (χ3n) is 4.93. The van der Waals surface area contributed by atoms with E-state index in [4.69, 9.17) is 0 Å². The molecular formula is C20H16F3N3O2. The van der Waals surface area contributed by atoms with Crippen molar-refractivity contribution >= 4 is 22.7 Å². The average molecular weight is 387 g/mol. The Morgan fingerprint density at radius 1 is 1.00 bits per heavy atom. The van der Waals surface area contributed by atoms with Gasteiger partial charge in [0.1, 0.15) is 0 Å². The smallest absolute Gasteiger partial charge is 0.360 e. The molecule has 3 aromatic rings. The lowest BCUT2D eigenvalue weighted by molar-refractivity contribution is -0.138. The van der Waals surface area contributed by atoms with Crippen LogP contribution in [0.15, 0.2) is 54.7 Å². The number of fused-ring (bicyclic) bond motifs is 1. The summed E-state index contributed by atoms with van der Waals surface area (Å²) in [5.74, 6) is -2.12. The molecule has 4 rings (SSSR count). The summed E-state index contributed by atoms with van der Waals surface area (Å²) >= 11 is 0. The van der Waals surface area contributed by atoms with E-state index in [9.17, 15) is 22.8 Å². The minimum Gasteiger partial charge on any atom is -0.360 e. The molecule has 28 heavy (non-hydrogen) atoms. The second-order valence-electron chi connectivity index (χ2n) is 6.73. The summed E-state index contributed by atoms with van der Waals surface area (Å²) in [6, 6.07) is 12.5. The summed E-state index contributed by atoms with van der Waals surface area (Å²) < 4.78 is 39.4. The zero-order chi connectivity index (χ0) is 19.9. The molecule has 144 valence electrons. The number of alkyl halides is 3. The fraction of sp³-hybridized carbons (Fsp3) is 0.200. The van der Waals surface area contributed by atoms with Crippen molar-refractivity contribution < 1.29 is 22.8 Å². The number of H-pyrrole nitrogens is 1.